The summed E-state index contributed by atoms with van der Waals surface area (Å²) in [6.07, 6.45) is 31.4. The van der Waals surface area contributed by atoms with Gasteiger partial charge in [-0.2, -0.15) is 0 Å². The van der Waals surface area contributed by atoms with Gasteiger partial charge in [0.1, 0.15) is 0 Å². The van der Waals surface area contributed by atoms with Crippen molar-refractivity contribution < 1.29 is 4.79 Å². The summed E-state index contributed by atoms with van der Waals surface area (Å²) in [5.74, 6) is 0.221. The predicted octanol–water partition coefficient (Wildman–Crippen LogP) is 7.66. The average Bonchev–Trinajstić information content (AvgIpc) is 2.68. The highest BCUT2D eigenvalue weighted by Crippen LogP contribution is 2.09. The van der Waals surface area contributed by atoms with Crippen molar-refractivity contribution >= 4 is 5.91 Å². The van der Waals surface area contributed by atoms with Crippen molar-refractivity contribution in [2.45, 2.75) is 110 Å². The first kappa shape index (κ1) is 25.7. The van der Waals surface area contributed by atoms with Crippen LogP contribution in [0.2, 0.25) is 0 Å². The number of hydrogen-bond acceptors (Lipinski definition) is 1. The fourth-order valence-corrected chi connectivity index (χ4v) is 2.90. The molecule has 0 heterocycles. The van der Waals surface area contributed by atoms with Gasteiger partial charge >= 0.3 is 0 Å². The van der Waals surface area contributed by atoms with E-state index in [1.54, 1.807) is 0 Å². The summed E-state index contributed by atoms with van der Waals surface area (Å²) in [5.41, 5.74) is 0. The highest BCUT2D eigenvalue weighted by molar-refractivity contribution is 5.75. The van der Waals surface area contributed by atoms with Crippen LogP contribution in [-0.4, -0.2) is 12.5 Å². The monoisotopic (exact) mass is 375 g/mol. The summed E-state index contributed by atoms with van der Waals surface area (Å²) in [7, 11) is 0. The second-order valence-corrected chi connectivity index (χ2v) is 7.39. The lowest BCUT2D eigenvalue weighted by atomic mass is 10.1. The fraction of sp³-hybridized carbons (Fsp3) is 0.720. The number of rotatable bonds is 19. The molecule has 0 aliphatic rings. The van der Waals surface area contributed by atoms with E-state index < -0.39 is 0 Å². The van der Waals surface area contributed by atoms with Crippen molar-refractivity contribution in [2.75, 3.05) is 6.54 Å². The van der Waals surface area contributed by atoms with Gasteiger partial charge in [0.25, 0.3) is 0 Å². The zero-order chi connectivity index (χ0) is 19.8. The summed E-state index contributed by atoms with van der Waals surface area (Å²) in [6.45, 7) is 5.15. The zero-order valence-corrected chi connectivity index (χ0v) is 18.2. The molecule has 0 radical (unpaired) electrons. The molecule has 0 bridgehead atoms. The summed E-state index contributed by atoms with van der Waals surface area (Å²) in [4.78, 5) is 11.5. The molecule has 1 amide bonds. The minimum atomic E-state index is 0.221. The summed E-state index contributed by atoms with van der Waals surface area (Å²) < 4.78 is 0. The van der Waals surface area contributed by atoms with Crippen molar-refractivity contribution in [3.8, 4) is 0 Å². The molecule has 0 saturated heterocycles. The van der Waals surface area contributed by atoms with Crippen LogP contribution in [0.25, 0.3) is 0 Å². The second kappa shape index (κ2) is 22.7. The van der Waals surface area contributed by atoms with Gasteiger partial charge in [-0.05, 0) is 51.4 Å². The molecule has 27 heavy (non-hydrogen) atoms. The largest absolute Gasteiger partial charge is 0.356 e. The smallest absolute Gasteiger partial charge is 0.219 e. The molecule has 0 atom stereocenters. The van der Waals surface area contributed by atoms with Gasteiger partial charge < -0.3 is 5.32 Å². The van der Waals surface area contributed by atoms with E-state index in [4.69, 9.17) is 0 Å². The van der Waals surface area contributed by atoms with E-state index in [1.165, 1.54) is 64.2 Å². The third-order valence-electron chi connectivity index (χ3n) is 4.62. The van der Waals surface area contributed by atoms with Crippen molar-refractivity contribution in [3.05, 3.63) is 36.5 Å². The van der Waals surface area contributed by atoms with Crippen LogP contribution in [0.3, 0.4) is 0 Å². The first-order chi connectivity index (χ1) is 13.3. The molecule has 0 aliphatic heterocycles. The first-order valence-corrected chi connectivity index (χ1v) is 11.5. The van der Waals surface area contributed by atoms with Crippen LogP contribution in [0.1, 0.15) is 110 Å². The number of amides is 1. The van der Waals surface area contributed by atoms with Gasteiger partial charge in [0.2, 0.25) is 5.91 Å². The normalized spacial score (nSPS) is 11.9. The molecule has 156 valence electrons. The van der Waals surface area contributed by atoms with E-state index in [9.17, 15) is 4.79 Å². The van der Waals surface area contributed by atoms with E-state index in [0.29, 0.717) is 6.42 Å². The van der Waals surface area contributed by atoms with Crippen LogP contribution in [0.5, 0.6) is 0 Å². The lowest BCUT2D eigenvalue weighted by Crippen LogP contribution is -2.23. The van der Waals surface area contributed by atoms with Gasteiger partial charge in [0, 0.05) is 13.0 Å². The van der Waals surface area contributed by atoms with Crippen LogP contribution in [0.4, 0.5) is 0 Å². The number of carbonyl (C=O) groups excluding carboxylic acids is 1. The average molecular weight is 376 g/mol. The standard InChI is InChI=1S/C25H45NO/c1-3-5-6-7-8-9-10-11-12-13-14-15-16-17-18-19-20-21-22-23-25(27)26-24-4-2/h8-9,11-12,14-15H,3-7,10,13,16-24H2,1-2H3,(H,26,27)/b9-8-,12-11-,15-14-. The minimum absolute atomic E-state index is 0.221. The minimum Gasteiger partial charge on any atom is -0.356 e. The molecule has 0 rings (SSSR count). The molecule has 0 unspecified atom stereocenters. The van der Waals surface area contributed by atoms with E-state index in [-0.39, 0.29) is 5.91 Å². The van der Waals surface area contributed by atoms with Gasteiger partial charge in [-0.25, -0.2) is 0 Å². The first-order valence-electron chi connectivity index (χ1n) is 11.5. The fourth-order valence-electron chi connectivity index (χ4n) is 2.90. The Morgan fingerprint density at radius 1 is 0.630 bits per heavy atom. The van der Waals surface area contributed by atoms with E-state index in [2.05, 4.69) is 55.6 Å². The van der Waals surface area contributed by atoms with Crippen LogP contribution >= 0.6 is 0 Å². The van der Waals surface area contributed by atoms with Crippen molar-refractivity contribution in [1.82, 2.24) is 5.32 Å². The summed E-state index contributed by atoms with van der Waals surface area (Å²) in [5, 5.41) is 2.94. The molecule has 0 aliphatic carbocycles. The van der Waals surface area contributed by atoms with Crippen molar-refractivity contribution in [1.29, 1.82) is 0 Å². The lowest BCUT2D eigenvalue weighted by Gasteiger charge is -2.03. The van der Waals surface area contributed by atoms with Gasteiger partial charge in [-0.1, -0.05) is 88.8 Å². The molecular formula is C25H45NO. The molecule has 2 nitrogen and oxygen atoms in total. The Bertz CT molecular complexity index is 395. The Labute approximate surface area is 169 Å². The lowest BCUT2D eigenvalue weighted by molar-refractivity contribution is -0.121. The van der Waals surface area contributed by atoms with E-state index in [1.807, 2.05) is 0 Å². The summed E-state index contributed by atoms with van der Waals surface area (Å²) in [6, 6.07) is 0. The molecule has 0 aromatic carbocycles. The maximum Gasteiger partial charge on any atom is 0.219 e. The third kappa shape index (κ3) is 22.6. The van der Waals surface area contributed by atoms with Crippen LogP contribution < -0.4 is 5.32 Å². The molecule has 0 spiro atoms. The number of hydrogen-bond donors (Lipinski definition) is 1. The topological polar surface area (TPSA) is 29.1 Å². The SMILES string of the molecule is CCCCC/C=C\C/C=C\C/C=C\CCCCCCCCC(=O)NCCC. The maximum absolute atomic E-state index is 11.5. The van der Waals surface area contributed by atoms with Gasteiger partial charge in [-0.15, -0.1) is 0 Å². The summed E-state index contributed by atoms with van der Waals surface area (Å²) >= 11 is 0. The number of carbonyl (C=O) groups is 1. The van der Waals surface area contributed by atoms with Gasteiger partial charge in [-0.3, -0.25) is 4.79 Å². The molecule has 0 fully saturated rings. The Balaban J connectivity index is 3.29. The van der Waals surface area contributed by atoms with Crippen LogP contribution in [0.15, 0.2) is 36.5 Å². The van der Waals surface area contributed by atoms with Gasteiger partial charge in [0.15, 0.2) is 0 Å². The Morgan fingerprint density at radius 3 is 1.74 bits per heavy atom. The van der Waals surface area contributed by atoms with Crippen LogP contribution in [-0.2, 0) is 4.79 Å². The number of allylic oxidation sites excluding steroid dienone is 6. The molecule has 0 aromatic rings. The van der Waals surface area contributed by atoms with Crippen molar-refractivity contribution in [3.63, 3.8) is 0 Å². The molecular weight excluding hydrogens is 330 g/mol. The predicted molar refractivity (Wildman–Crippen MR) is 121 cm³/mol. The zero-order valence-electron chi connectivity index (χ0n) is 18.2. The number of nitrogens with one attached hydrogen (secondary N) is 1. The Hall–Kier alpha value is -1.31. The van der Waals surface area contributed by atoms with Crippen molar-refractivity contribution in [2.24, 2.45) is 0 Å². The molecule has 0 aromatic heterocycles. The van der Waals surface area contributed by atoms with Crippen LogP contribution in [0, 0.1) is 0 Å². The quantitative estimate of drug-likeness (QED) is 0.182. The second-order valence-electron chi connectivity index (χ2n) is 7.39. The molecule has 2 heteroatoms. The Morgan fingerprint density at radius 2 is 1.15 bits per heavy atom. The Kier molecular flexibility index (Phi) is 21.6. The molecule has 1 N–H and O–H groups in total. The highest BCUT2D eigenvalue weighted by atomic mass is 16.1. The van der Waals surface area contributed by atoms with E-state index in [0.717, 1.165) is 32.2 Å². The molecule has 0 saturated carbocycles. The number of unbranched alkanes of at least 4 members (excludes halogenated alkanes) is 9. The van der Waals surface area contributed by atoms with Gasteiger partial charge in [0.05, 0.1) is 0 Å². The van der Waals surface area contributed by atoms with E-state index >= 15 is 0 Å². The third-order valence-corrected chi connectivity index (χ3v) is 4.62. The maximum atomic E-state index is 11.5. The highest BCUT2D eigenvalue weighted by Gasteiger charge is 1.99.